The minimum atomic E-state index is -0.197. The van der Waals surface area contributed by atoms with Crippen molar-refractivity contribution in [2.45, 2.75) is 27.3 Å². The van der Waals surface area contributed by atoms with Gasteiger partial charge in [-0.3, -0.25) is 4.98 Å². The molecule has 6 nitrogen and oxygen atoms in total. The molecular formula is C19H22N4O2S. The van der Waals surface area contributed by atoms with Crippen LogP contribution in [0, 0.1) is 20.8 Å². The summed E-state index contributed by atoms with van der Waals surface area (Å²) in [6.07, 6.45) is 1.77. The summed E-state index contributed by atoms with van der Waals surface area (Å²) in [4.78, 5) is 23.0. The topological polar surface area (TPSA) is 67.3 Å². The van der Waals surface area contributed by atoms with Crippen LogP contribution in [-0.4, -0.2) is 35.1 Å². The molecule has 3 aromatic rings. The van der Waals surface area contributed by atoms with Crippen LogP contribution in [0.15, 0.2) is 24.4 Å². The summed E-state index contributed by atoms with van der Waals surface area (Å²) >= 11 is 1.64. The number of ether oxygens (including phenoxy) is 1. The molecule has 2 heterocycles. The zero-order chi connectivity index (χ0) is 18.8. The summed E-state index contributed by atoms with van der Waals surface area (Å²) < 4.78 is 6.54. The SMILES string of the molecule is COc1c(C)cnc(CN(C)C(=O)Nc2ccc3sc(C)nc3c2)c1C. The molecular weight excluding hydrogens is 348 g/mol. The number of amides is 2. The molecule has 0 aliphatic rings. The number of thiazole rings is 1. The summed E-state index contributed by atoms with van der Waals surface area (Å²) in [7, 11) is 3.39. The van der Waals surface area contributed by atoms with E-state index < -0.39 is 0 Å². The van der Waals surface area contributed by atoms with Gasteiger partial charge in [-0.15, -0.1) is 11.3 Å². The number of nitrogens with zero attached hydrogens (tertiary/aromatic N) is 3. The lowest BCUT2D eigenvalue weighted by Gasteiger charge is -2.20. The summed E-state index contributed by atoms with van der Waals surface area (Å²) in [6.45, 7) is 6.28. The Morgan fingerprint density at radius 1 is 1.31 bits per heavy atom. The Kier molecular flexibility index (Phi) is 5.08. The van der Waals surface area contributed by atoms with Gasteiger partial charge < -0.3 is 15.0 Å². The predicted molar refractivity (Wildman–Crippen MR) is 105 cm³/mol. The number of aromatic nitrogens is 2. The van der Waals surface area contributed by atoms with Gasteiger partial charge in [0, 0.05) is 30.1 Å². The van der Waals surface area contributed by atoms with Crippen LogP contribution in [0.2, 0.25) is 0 Å². The Balaban J connectivity index is 1.73. The van der Waals surface area contributed by atoms with Crippen LogP contribution < -0.4 is 10.1 Å². The number of methoxy groups -OCH3 is 1. The average Bonchev–Trinajstić information content (AvgIpc) is 2.97. The molecule has 0 radical (unpaired) electrons. The third-order valence-corrected chi connectivity index (χ3v) is 5.18. The molecule has 0 bridgehead atoms. The fourth-order valence-corrected chi connectivity index (χ4v) is 3.67. The van der Waals surface area contributed by atoms with Crippen LogP contribution in [0.3, 0.4) is 0 Å². The van der Waals surface area contributed by atoms with E-state index in [2.05, 4.69) is 15.3 Å². The molecule has 26 heavy (non-hydrogen) atoms. The molecule has 0 spiro atoms. The van der Waals surface area contributed by atoms with E-state index in [1.54, 1.807) is 36.6 Å². The van der Waals surface area contributed by atoms with Crippen LogP contribution in [0.1, 0.15) is 21.8 Å². The summed E-state index contributed by atoms with van der Waals surface area (Å²) in [5.74, 6) is 0.813. The number of pyridine rings is 1. The fraction of sp³-hybridized carbons (Fsp3) is 0.316. The molecule has 0 aliphatic heterocycles. The Labute approximate surface area is 156 Å². The number of aryl methyl sites for hydroxylation is 2. The molecule has 7 heteroatoms. The quantitative estimate of drug-likeness (QED) is 0.744. The van der Waals surface area contributed by atoms with E-state index in [0.717, 1.165) is 43.5 Å². The highest BCUT2D eigenvalue weighted by Gasteiger charge is 2.15. The third-order valence-electron chi connectivity index (χ3n) is 4.23. The Hall–Kier alpha value is -2.67. The second-order valence-electron chi connectivity index (χ2n) is 6.25. The van der Waals surface area contributed by atoms with Crippen molar-refractivity contribution in [1.82, 2.24) is 14.9 Å². The molecule has 0 aliphatic carbocycles. The number of hydrogen-bond donors (Lipinski definition) is 1. The Morgan fingerprint density at radius 3 is 2.81 bits per heavy atom. The second-order valence-corrected chi connectivity index (χ2v) is 7.48. The van der Waals surface area contributed by atoms with Gasteiger partial charge in [0.2, 0.25) is 0 Å². The van der Waals surface area contributed by atoms with Crippen molar-refractivity contribution in [3.05, 3.63) is 46.2 Å². The van der Waals surface area contributed by atoms with Crippen LogP contribution in [0.25, 0.3) is 10.2 Å². The highest BCUT2D eigenvalue weighted by Crippen LogP contribution is 2.26. The molecule has 2 amide bonds. The van der Waals surface area contributed by atoms with Gasteiger partial charge in [0.25, 0.3) is 0 Å². The number of rotatable bonds is 4. The van der Waals surface area contributed by atoms with E-state index in [0.29, 0.717) is 6.54 Å². The first-order valence-corrected chi connectivity index (χ1v) is 9.09. The van der Waals surface area contributed by atoms with E-state index in [4.69, 9.17) is 4.74 Å². The lowest BCUT2D eigenvalue weighted by atomic mass is 10.1. The number of anilines is 1. The molecule has 0 atom stereocenters. The van der Waals surface area contributed by atoms with Crippen LogP contribution in [0.4, 0.5) is 10.5 Å². The number of carbonyl (C=O) groups is 1. The Morgan fingerprint density at radius 2 is 2.08 bits per heavy atom. The number of fused-ring (bicyclic) bond motifs is 1. The zero-order valence-electron chi connectivity index (χ0n) is 15.6. The van der Waals surface area contributed by atoms with Crippen molar-refractivity contribution in [2.75, 3.05) is 19.5 Å². The molecule has 1 aromatic carbocycles. The number of hydrogen-bond acceptors (Lipinski definition) is 5. The van der Waals surface area contributed by atoms with Crippen LogP contribution >= 0.6 is 11.3 Å². The maximum Gasteiger partial charge on any atom is 0.321 e. The molecule has 3 rings (SSSR count). The molecule has 136 valence electrons. The minimum Gasteiger partial charge on any atom is -0.496 e. The second kappa shape index (κ2) is 7.29. The van der Waals surface area contributed by atoms with E-state index in [1.807, 2.05) is 39.0 Å². The third kappa shape index (κ3) is 3.62. The number of benzene rings is 1. The highest BCUT2D eigenvalue weighted by molar-refractivity contribution is 7.18. The molecule has 0 fully saturated rings. The van der Waals surface area contributed by atoms with Gasteiger partial charge in [0.1, 0.15) is 5.75 Å². The van der Waals surface area contributed by atoms with Crippen molar-refractivity contribution in [2.24, 2.45) is 0 Å². The molecule has 2 aromatic heterocycles. The number of nitrogens with one attached hydrogen (secondary N) is 1. The summed E-state index contributed by atoms with van der Waals surface area (Å²) in [5, 5.41) is 3.93. The van der Waals surface area contributed by atoms with Crippen molar-refractivity contribution in [3.8, 4) is 5.75 Å². The first kappa shape index (κ1) is 18.1. The lowest BCUT2D eigenvalue weighted by Crippen LogP contribution is -2.31. The van der Waals surface area contributed by atoms with Gasteiger partial charge >= 0.3 is 6.03 Å². The monoisotopic (exact) mass is 370 g/mol. The number of carbonyl (C=O) groups excluding carboxylic acids is 1. The van der Waals surface area contributed by atoms with E-state index >= 15 is 0 Å². The summed E-state index contributed by atoms with van der Waals surface area (Å²) in [5.41, 5.74) is 4.37. The standard InChI is InChI=1S/C19H22N4O2S/c1-11-9-20-16(12(2)18(11)25-5)10-23(4)19(24)22-14-6-7-17-15(8-14)21-13(3)26-17/h6-9H,10H2,1-5H3,(H,22,24). The van der Waals surface area contributed by atoms with Gasteiger partial charge in [-0.2, -0.15) is 0 Å². The highest BCUT2D eigenvalue weighted by atomic mass is 32.1. The smallest absolute Gasteiger partial charge is 0.321 e. The molecule has 1 N–H and O–H groups in total. The fourth-order valence-electron chi connectivity index (χ4n) is 2.87. The average molecular weight is 370 g/mol. The van der Waals surface area contributed by atoms with Crippen LogP contribution in [0.5, 0.6) is 5.75 Å². The van der Waals surface area contributed by atoms with Crippen molar-refractivity contribution >= 4 is 33.3 Å². The Bertz CT molecular complexity index is 968. The van der Waals surface area contributed by atoms with E-state index in [1.165, 1.54) is 0 Å². The number of urea groups is 1. The molecule has 0 saturated carbocycles. The van der Waals surface area contributed by atoms with E-state index in [-0.39, 0.29) is 6.03 Å². The van der Waals surface area contributed by atoms with Gasteiger partial charge in [-0.05, 0) is 39.0 Å². The molecule has 0 unspecified atom stereocenters. The van der Waals surface area contributed by atoms with Crippen LogP contribution in [-0.2, 0) is 6.54 Å². The largest absolute Gasteiger partial charge is 0.496 e. The normalized spacial score (nSPS) is 10.8. The van der Waals surface area contributed by atoms with Crippen molar-refractivity contribution in [1.29, 1.82) is 0 Å². The first-order chi connectivity index (χ1) is 12.4. The van der Waals surface area contributed by atoms with Gasteiger partial charge in [0.05, 0.1) is 34.6 Å². The predicted octanol–water partition coefficient (Wildman–Crippen LogP) is 4.29. The van der Waals surface area contributed by atoms with Crippen molar-refractivity contribution in [3.63, 3.8) is 0 Å². The van der Waals surface area contributed by atoms with Gasteiger partial charge in [0.15, 0.2) is 0 Å². The van der Waals surface area contributed by atoms with Gasteiger partial charge in [-0.1, -0.05) is 0 Å². The maximum absolute atomic E-state index is 12.5. The summed E-state index contributed by atoms with van der Waals surface area (Å²) in [6, 6.07) is 5.57. The minimum absolute atomic E-state index is 0.197. The lowest BCUT2D eigenvalue weighted by molar-refractivity contribution is 0.220. The van der Waals surface area contributed by atoms with Gasteiger partial charge in [-0.25, -0.2) is 9.78 Å². The van der Waals surface area contributed by atoms with Crippen molar-refractivity contribution < 1.29 is 9.53 Å². The maximum atomic E-state index is 12.5. The van der Waals surface area contributed by atoms with E-state index in [9.17, 15) is 4.79 Å². The molecule has 0 saturated heterocycles. The zero-order valence-corrected chi connectivity index (χ0v) is 16.4. The first-order valence-electron chi connectivity index (χ1n) is 8.27.